The van der Waals surface area contributed by atoms with Crippen LogP contribution < -0.4 is 10.6 Å². The summed E-state index contributed by atoms with van der Waals surface area (Å²) in [6.07, 6.45) is 0.502. The molecule has 0 aromatic heterocycles. The smallest absolute Gasteiger partial charge is 0.327 e. The number of carbonyl (C=O) groups is 4. The van der Waals surface area contributed by atoms with Crippen LogP contribution in [0.15, 0.2) is 18.2 Å². The number of esters is 1. The molecule has 1 aliphatic heterocycles. The number of aryl methyl sites for hydroxylation is 1. The summed E-state index contributed by atoms with van der Waals surface area (Å²) in [5.74, 6) is -2.41. The number of anilines is 1. The van der Waals surface area contributed by atoms with Gasteiger partial charge >= 0.3 is 12.0 Å². The maximum absolute atomic E-state index is 13.6. The molecule has 0 bridgehead atoms. The Morgan fingerprint density at radius 2 is 2.07 bits per heavy atom. The SMILES string of the molecule is Cc1ccc(NC(=O)[C@H](C)OC(=O)CN2C(=O)N[C@](C)(C3CC3)C2=O)cc1F. The zero-order chi connectivity index (χ0) is 20.6. The fraction of sp³-hybridized carbons (Fsp3) is 0.474. The van der Waals surface area contributed by atoms with Gasteiger partial charge in [-0.1, -0.05) is 6.07 Å². The summed E-state index contributed by atoms with van der Waals surface area (Å²) in [7, 11) is 0. The quantitative estimate of drug-likeness (QED) is 0.568. The van der Waals surface area contributed by atoms with Gasteiger partial charge in [0.05, 0.1) is 0 Å². The fourth-order valence-electron chi connectivity index (χ4n) is 3.13. The molecule has 150 valence electrons. The van der Waals surface area contributed by atoms with Crippen LogP contribution in [-0.4, -0.2) is 46.9 Å². The second kappa shape index (κ2) is 7.21. The second-order valence-electron chi connectivity index (χ2n) is 7.38. The first kappa shape index (κ1) is 19.8. The topological polar surface area (TPSA) is 105 Å². The van der Waals surface area contributed by atoms with E-state index in [0.717, 1.165) is 23.8 Å². The van der Waals surface area contributed by atoms with E-state index in [-0.39, 0.29) is 11.6 Å². The lowest BCUT2D eigenvalue weighted by atomic mass is 9.96. The highest BCUT2D eigenvalue weighted by Gasteiger charge is 2.56. The molecule has 0 spiro atoms. The maximum Gasteiger partial charge on any atom is 0.327 e. The van der Waals surface area contributed by atoms with Crippen LogP contribution in [0.3, 0.4) is 0 Å². The highest BCUT2D eigenvalue weighted by molar-refractivity contribution is 6.09. The van der Waals surface area contributed by atoms with Gasteiger partial charge < -0.3 is 15.4 Å². The number of ether oxygens (including phenoxy) is 1. The Bertz CT molecular complexity index is 854. The van der Waals surface area contributed by atoms with Crippen LogP contribution in [0, 0.1) is 18.7 Å². The Balaban J connectivity index is 1.55. The Labute approximate surface area is 161 Å². The first-order chi connectivity index (χ1) is 13.1. The molecule has 2 fully saturated rings. The number of amides is 4. The predicted octanol–water partition coefficient (Wildman–Crippen LogP) is 1.72. The summed E-state index contributed by atoms with van der Waals surface area (Å²) < 4.78 is 18.6. The third-order valence-corrected chi connectivity index (χ3v) is 5.10. The molecule has 1 saturated heterocycles. The number of rotatable bonds is 6. The third-order valence-electron chi connectivity index (χ3n) is 5.10. The summed E-state index contributed by atoms with van der Waals surface area (Å²) in [4.78, 5) is 49.6. The molecule has 2 atom stereocenters. The fourth-order valence-corrected chi connectivity index (χ4v) is 3.13. The summed E-state index contributed by atoms with van der Waals surface area (Å²) in [6.45, 7) is 4.00. The number of hydrogen-bond donors (Lipinski definition) is 2. The molecule has 4 amide bonds. The van der Waals surface area contributed by atoms with Gasteiger partial charge in [0.2, 0.25) is 0 Å². The standard InChI is InChI=1S/C19H22FN3O5/c1-10-4-7-13(8-14(10)20)21-16(25)11(2)28-15(24)9-23-17(26)19(3,12-5-6-12)22-18(23)27/h4,7-8,11-12H,5-6,9H2,1-3H3,(H,21,25)(H,22,27)/t11-,19+/m0/s1. The Kier molecular flexibility index (Phi) is 5.10. The van der Waals surface area contributed by atoms with E-state index in [1.165, 1.54) is 19.1 Å². The number of nitrogens with one attached hydrogen (secondary N) is 2. The van der Waals surface area contributed by atoms with Gasteiger partial charge in [-0.2, -0.15) is 0 Å². The summed E-state index contributed by atoms with van der Waals surface area (Å²) >= 11 is 0. The number of imide groups is 1. The van der Waals surface area contributed by atoms with Crippen LogP contribution in [0.2, 0.25) is 0 Å². The van der Waals surface area contributed by atoms with Crippen LogP contribution in [0.25, 0.3) is 0 Å². The van der Waals surface area contributed by atoms with Gasteiger partial charge in [-0.15, -0.1) is 0 Å². The summed E-state index contributed by atoms with van der Waals surface area (Å²) in [5.41, 5.74) is -0.329. The molecule has 3 rings (SSSR count). The maximum atomic E-state index is 13.6. The summed E-state index contributed by atoms with van der Waals surface area (Å²) in [5, 5.41) is 5.08. The highest BCUT2D eigenvalue weighted by Crippen LogP contribution is 2.42. The van der Waals surface area contributed by atoms with Crippen molar-refractivity contribution in [2.24, 2.45) is 5.92 Å². The Hall–Kier alpha value is -2.97. The van der Waals surface area contributed by atoms with Crippen molar-refractivity contribution in [3.63, 3.8) is 0 Å². The van der Waals surface area contributed by atoms with E-state index < -0.39 is 47.8 Å². The first-order valence-corrected chi connectivity index (χ1v) is 9.02. The van der Waals surface area contributed by atoms with E-state index in [1.807, 2.05) is 0 Å². The van der Waals surface area contributed by atoms with Crippen LogP contribution in [0.5, 0.6) is 0 Å². The van der Waals surface area contributed by atoms with Gasteiger partial charge in [0, 0.05) is 5.69 Å². The van der Waals surface area contributed by atoms with E-state index in [1.54, 1.807) is 13.8 Å². The molecule has 1 heterocycles. The van der Waals surface area contributed by atoms with Crippen molar-refractivity contribution in [2.45, 2.75) is 45.3 Å². The number of benzene rings is 1. The van der Waals surface area contributed by atoms with Crippen molar-refractivity contribution in [1.29, 1.82) is 0 Å². The van der Waals surface area contributed by atoms with E-state index in [4.69, 9.17) is 4.74 Å². The molecule has 2 N–H and O–H groups in total. The molecule has 28 heavy (non-hydrogen) atoms. The normalized spacial score (nSPS) is 22.6. The number of urea groups is 1. The lowest BCUT2D eigenvalue weighted by molar-refractivity contribution is -0.155. The molecule has 0 radical (unpaired) electrons. The number of halogens is 1. The molecule has 2 aliphatic rings. The molecule has 8 nitrogen and oxygen atoms in total. The van der Waals surface area contributed by atoms with Crippen LogP contribution in [-0.2, 0) is 19.1 Å². The van der Waals surface area contributed by atoms with Crippen LogP contribution in [0.4, 0.5) is 14.9 Å². The third kappa shape index (κ3) is 3.83. The average molecular weight is 391 g/mol. The second-order valence-corrected chi connectivity index (χ2v) is 7.38. The minimum atomic E-state index is -1.19. The number of carbonyl (C=O) groups excluding carboxylic acids is 4. The van der Waals surface area contributed by atoms with Gasteiger partial charge in [0.1, 0.15) is 17.9 Å². The van der Waals surface area contributed by atoms with E-state index in [9.17, 15) is 23.6 Å². The van der Waals surface area contributed by atoms with E-state index in [0.29, 0.717) is 5.56 Å². The first-order valence-electron chi connectivity index (χ1n) is 9.02. The van der Waals surface area contributed by atoms with Gasteiger partial charge in [-0.25, -0.2) is 9.18 Å². The Morgan fingerprint density at radius 1 is 1.39 bits per heavy atom. The minimum Gasteiger partial charge on any atom is -0.451 e. The monoisotopic (exact) mass is 391 g/mol. The van der Waals surface area contributed by atoms with Crippen molar-refractivity contribution < 1.29 is 28.3 Å². The molecular weight excluding hydrogens is 369 g/mol. The number of nitrogens with zero attached hydrogens (tertiary/aromatic N) is 1. The molecule has 1 aromatic rings. The molecule has 9 heteroatoms. The zero-order valence-corrected chi connectivity index (χ0v) is 15.9. The average Bonchev–Trinajstić information content (AvgIpc) is 3.44. The molecule has 1 aromatic carbocycles. The number of hydrogen-bond acceptors (Lipinski definition) is 5. The lowest BCUT2D eigenvalue weighted by Crippen LogP contribution is -2.46. The lowest BCUT2D eigenvalue weighted by Gasteiger charge is -2.21. The van der Waals surface area contributed by atoms with Gasteiger partial charge in [0.15, 0.2) is 6.10 Å². The van der Waals surface area contributed by atoms with Crippen molar-refractivity contribution in [1.82, 2.24) is 10.2 Å². The van der Waals surface area contributed by atoms with Gasteiger partial charge in [0.25, 0.3) is 11.8 Å². The van der Waals surface area contributed by atoms with Gasteiger partial charge in [-0.05, 0) is 57.2 Å². The molecule has 1 aliphatic carbocycles. The van der Waals surface area contributed by atoms with Crippen molar-refractivity contribution in [3.05, 3.63) is 29.6 Å². The zero-order valence-electron chi connectivity index (χ0n) is 15.9. The Morgan fingerprint density at radius 3 is 2.68 bits per heavy atom. The van der Waals surface area contributed by atoms with E-state index >= 15 is 0 Å². The predicted molar refractivity (Wildman–Crippen MR) is 96.7 cm³/mol. The van der Waals surface area contributed by atoms with Crippen LogP contribution in [0.1, 0.15) is 32.3 Å². The van der Waals surface area contributed by atoms with Crippen molar-refractivity contribution in [3.8, 4) is 0 Å². The van der Waals surface area contributed by atoms with Crippen molar-refractivity contribution in [2.75, 3.05) is 11.9 Å². The highest BCUT2D eigenvalue weighted by atomic mass is 19.1. The van der Waals surface area contributed by atoms with Gasteiger partial charge in [-0.3, -0.25) is 19.3 Å². The van der Waals surface area contributed by atoms with E-state index in [2.05, 4.69) is 10.6 Å². The molecule has 1 saturated carbocycles. The minimum absolute atomic E-state index is 0.0737. The van der Waals surface area contributed by atoms with Crippen molar-refractivity contribution >= 4 is 29.5 Å². The largest absolute Gasteiger partial charge is 0.451 e. The molecular formula is C19H22FN3O5. The van der Waals surface area contributed by atoms with Crippen LogP contribution >= 0.6 is 0 Å². The molecule has 0 unspecified atom stereocenters. The summed E-state index contributed by atoms with van der Waals surface area (Å²) in [6, 6.07) is 3.55.